The van der Waals surface area contributed by atoms with E-state index in [2.05, 4.69) is 125 Å². The fourth-order valence-corrected chi connectivity index (χ4v) is 18.1. The molecule has 0 fully saturated rings. The summed E-state index contributed by atoms with van der Waals surface area (Å²) in [5.41, 5.74) is 0. The summed E-state index contributed by atoms with van der Waals surface area (Å²) < 4.78 is 0. The molecule has 0 heterocycles. The predicted octanol–water partition coefficient (Wildman–Crippen LogP) is 11.7. The molecule has 0 aromatic carbocycles. The summed E-state index contributed by atoms with van der Waals surface area (Å²) in [6.45, 7) is 39.0. The molecule has 2 nitrogen and oxygen atoms in total. The standard InChI is InChI=1S/2C12H27NP.2ClH.V/c2*1-10(2,3)14(13,11(4,5)6)12(7,8)9;;;/h2*1-9H3;2*1H;/q2*-1;;;+2/p-2. The summed E-state index contributed by atoms with van der Waals surface area (Å²) in [5.74, 6) is 0. The molecule has 0 N–H and O–H groups in total. The van der Waals surface area contributed by atoms with Gasteiger partial charge in [-0.05, 0) is 30.9 Å². The molecular weight excluding hydrogens is 500 g/mol. The minimum absolute atomic E-state index is 0.0104. The van der Waals surface area contributed by atoms with Crippen LogP contribution in [0.3, 0.4) is 0 Å². The average Bonchev–Trinajstić information content (AvgIpc) is 2.39. The first kappa shape index (κ1) is 37.2. The van der Waals surface area contributed by atoms with Crippen LogP contribution in [-0.2, 0) is 14.4 Å². The molecule has 0 atom stereocenters. The molecule has 0 rings (SSSR count). The molecule has 7 heteroatoms. The van der Waals surface area contributed by atoms with Gasteiger partial charge in [0, 0.05) is 0 Å². The van der Waals surface area contributed by atoms with Crippen LogP contribution >= 0.6 is 33.8 Å². The predicted molar refractivity (Wildman–Crippen MR) is 151 cm³/mol. The van der Waals surface area contributed by atoms with Gasteiger partial charge < -0.3 is 10.3 Å². The topological polar surface area (TPSA) is 44.6 Å². The van der Waals surface area contributed by atoms with Gasteiger partial charge in [0.2, 0.25) is 0 Å². The van der Waals surface area contributed by atoms with E-state index in [1.54, 1.807) is 0 Å². The molecule has 0 aliphatic carbocycles. The Balaban J connectivity index is -0.000000448. The average molecular weight is 555 g/mol. The van der Waals surface area contributed by atoms with Gasteiger partial charge >= 0.3 is 34.1 Å². The molecule has 0 aromatic rings. The number of halogens is 2. The molecule has 31 heavy (non-hydrogen) atoms. The molecule has 0 bridgehead atoms. The second-order valence-electron chi connectivity index (χ2n) is 14.4. The van der Waals surface area contributed by atoms with E-state index >= 15 is 0 Å². The Bertz CT molecular complexity index is 492. The van der Waals surface area contributed by atoms with Gasteiger partial charge in [-0.1, -0.05) is 125 Å². The summed E-state index contributed by atoms with van der Waals surface area (Å²) in [4.78, 5) is 0. The van der Waals surface area contributed by atoms with Crippen molar-refractivity contribution < 1.29 is 14.4 Å². The van der Waals surface area contributed by atoms with Crippen LogP contribution in [0.25, 0.3) is 10.3 Å². The van der Waals surface area contributed by atoms with Crippen LogP contribution < -0.4 is 0 Å². The van der Waals surface area contributed by atoms with E-state index in [1.165, 1.54) is 0 Å². The Hall–Kier alpha value is 1.62. The maximum atomic E-state index is 11.1. The summed E-state index contributed by atoms with van der Waals surface area (Å²) in [6.07, 6.45) is 0. The van der Waals surface area contributed by atoms with Crippen LogP contribution in [0.5, 0.6) is 0 Å². The molecular formula is C24H54Cl2N2P2V-2. The SMILES string of the molecule is CC(C)(C)P(=[N-])(C(C)(C)C)C(C)(C)C.CC(C)(C)P(=[N-])(C(C)(C)C)C(C)(C)C.[Cl][V][Cl]. The normalized spacial score (nSPS) is 14.7. The molecule has 191 valence electrons. The van der Waals surface area contributed by atoms with Gasteiger partial charge in [0.05, 0.1) is 0 Å². The van der Waals surface area contributed by atoms with Crippen molar-refractivity contribution in [3.63, 3.8) is 0 Å². The third kappa shape index (κ3) is 8.97. The van der Waals surface area contributed by atoms with Crippen molar-refractivity contribution in [3.05, 3.63) is 10.3 Å². The van der Waals surface area contributed by atoms with E-state index in [4.69, 9.17) is 19.7 Å². The van der Waals surface area contributed by atoms with Crippen molar-refractivity contribution >= 4 is 33.8 Å². The van der Waals surface area contributed by atoms with Crippen LogP contribution in [0.1, 0.15) is 125 Å². The van der Waals surface area contributed by atoms with Crippen molar-refractivity contribution in [3.8, 4) is 0 Å². The molecule has 0 amide bonds. The van der Waals surface area contributed by atoms with Gasteiger partial charge in [-0.15, -0.1) is 0 Å². The zero-order chi connectivity index (χ0) is 26.7. The summed E-state index contributed by atoms with van der Waals surface area (Å²) >= 11 is -0.368. The van der Waals surface area contributed by atoms with E-state index in [9.17, 15) is 10.3 Å². The first-order valence-corrected chi connectivity index (χ1v) is 18.4. The van der Waals surface area contributed by atoms with Crippen molar-refractivity contribution in [2.24, 2.45) is 0 Å². The van der Waals surface area contributed by atoms with Crippen molar-refractivity contribution in [2.45, 2.75) is 156 Å². The fourth-order valence-electron chi connectivity index (χ4n) is 6.04. The van der Waals surface area contributed by atoms with Gasteiger partial charge in [0.1, 0.15) is 0 Å². The maximum absolute atomic E-state index is 11.1. The second-order valence-corrected chi connectivity index (χ2v) is 27.3. The van der Waals surface area contributed by atoms with Gasteiger partial charge in [0.15, 0.2) is 0 Å². The third-order valence-electron chi connectivity index (χ3n) is 5.82. The number of rotatable bonds is 0. The molecule has 0 unspecified atom stereocenters. The van der Waals surface area contributed by atoms with Gasteiger partial charge in [-0.3, -0.25) is 0 Å². The molecule has 0 radical (unpaired) electrons. The molecule has 0 spiro atoms. The van der Waals surface area contributed by atoms with Crippen LogP contribution in [0.4, 0.5) is 0 Å². The van der Waals surface area contributed by atoms with E-state index in [-0.39, 0.29) is 45.3 Å². The summed E-state index contributed by atoms with van der Waals surface area (Å²) in [7, 11) is 5.67. The Labute approximate surface area is 213 Å². The Morgan fingerprint density at radius 3 is 0.452 bits per heavy atom. The molecule has 0 aliphatic rings. The zero-order valence-electron chi connectivity index (χ0n) is 24.0. The third-order valence-corrected chi connectivity index (χ3v) is 17.5. The Kier molecular flexibility index (Phi) is 13.9. The quantitative estimate of drug-likeness (QED) is 0.267. The van der Waals surface area contributed by atoms with Crippen LogP contribution in [-0.4, -0.2) is 30.9 Å². The van der Waals surface area contributed by atoms with Gasteiger partial charge in [0.25, 0.3) is 0 Å². The number of hydrogen-bond donors (Lipinski definition) is 0. The van der Waals surface area contributed by atoms with Crippen LogP contribution in [0.15, 0.2) is 0 Å². The first-order chi connectivity index (χ1) is 12.9. The minimum atomic E-state index is -2.02. The van der Waals surface area contributed by atoms with Crippen molar-refractivity contribution in [2.75, 3.05) is 0 Å². The van der Waals surface area contributed by atoms with E-state index in [1.807, 2.05) is 0 Å². The Morgan fingerprint density at radius 2 is 0.452 bits per heavy atom. The number of nitrogens with zero attached hydrogens (tertiary/aromatic N) is 2. The summed E-state index contributed by atoms with van der Waals surface area (Å²) in [6, 6.07) is 0. The second kappa shape index (κ2) is 11.6. The Morgan fingerprint density at radius 1 is 0.387 bits per heavy atom. The molecule has 0 aromatic heterocycles. The number of hydrogen-bond acceptors (Lipinski definition) is 0. The van der Waals surface area contributed by atoms with Gasteiger partial charge in [-0.25, -0.2) is 14.1 Å². The van der Waals surface area contributed by atoms with Crippen LogP contribution in [0.2, 0.25) is 0 Å². The molecule has 0 saturated heterocycles. The van der Waals surface area contributed by atoms with E-state index < -0.39 is 14.1 Å². The van der Waals surface area contributed by atoms with E-state index in [0.29, 0.717) is 0 Å². The first-order valence-electron chi connectivity index (χ1n) is 11.1. The molecule has 0 saturated carbocycles. The monoisotopic (exact) mass is 553 g/mol. The summed E-state index contributed by atoms with van der Waals surface area (Å²) in [5, 5.41) is 22.2. The van der Waals surface area contributed by atoms with Crippen molar-refractivity contribution in [1.29, 1.82) is 0 Å². The van der Waals surface area contributed by atoms with E-state index in [0.717, 1.165) is 0 Å². The molecule has 0 aliphatic heterocycles. The fraction of sp³-hybridized carbons (Fsp3) is 1.00. The zero-order valence-corrected chi connectivity index (χ0v) is 28.7. The van der Waals surface area contributed by atoms with Gasteiger partial charge in [-0.2, -0.15) is 0 Å². The van der Waals surface area contributed by atoms with Crippen LogP contribution in [0, 0.1) is 0 Å². The van der Waals surface area contributed by atoms with Crippen molar-refractivity contribution in [1.82, 2.24) is 0 Å².